The number of aromatic nitrogens is 2. The van der Waals surface area contributed by atoms with Gasteiger partial charge in [0.2, 0.25) is 0 Å². The lowest BCUT2D eigenvalue weighted by molar-refractivity contribution is 0.280. The predicted molar refractivity (Wildman–Crippen MR) is 84.8 cm³/mol. The number of piperidine rings is 1. The molecular weight excluding hydrogens is 262 g/mol. The monoisotopic (exact) mass is 285 g/mol. The fourth-order valence-electron chi connectivity index (χ4n) is 3.19. The van der Waals surface area contributed by atoms with Crippen molar-refractivity contribution in [1.82, 2.24) is 9.78 Å². The standard InChI is InChI=1S/C17H23N3O/c1-13-7-6-10-19(11-13)17-16(12-21)14(2)18-20(17)15-8-4-3-5-9-15/h3-5,8-9,13,21H,6-7,10-12H2,1-2H3. The van der Waals surface area contributed by atoms with Crippen LogP contribution in [0.1, 0.15) is 31.0 Å². The molecule has 1 unspecified atom stereocenters. The Bertz CT molecular complexity index is 606. The zero-order valence-corrected chi connectivity index (χ0v) is 12.8. The number of nitrogens with zero attached hydrogens (tertiary/aromatic N) is 3. The Morgan fingerprint density at radius 1 is 1.29 bits per heavy atom. The Hall–Kier alpha value is -1.81. The molecule has 0 spiro atoms. The van der Waals surface area contributed by atoms with E-state index >= 15 is 0 Å². The third-order valence-corrected chi connectivity index (χ3v) is 4.27. The van der Waals surface area contributed by atoms with E-state index in [1.165, 1.54) is 12.8 Å². The predicted octanol–water partition coefficient (Wildman–Crippen LogP) is 2.91. The molecule has 1 aromatic carbocycles. The maximum Gasteiger partial charge on any atom is 0.138 e. The minimum Gasteiger partial charge on any atom is -0.391 e. The second-order valence-electron chi connectivity index (χ2n) is 5.99. The number of hydrogen-bond donors (Lipinski definition) is 1. The Morgan fingerprint density at radius 3 is 2.71 bits per heavy atom. The summed E-state index contributed by atoms with van der Waals surface area (Å²) < 4.78 is 1.99. The fourth-order valence-corrected chi connectivity index (χ4v) is 3.19. The summed E-state index contributed by atoms with van der Waals surface area (Å²) in [4.78, 5) is 2.38. The van der Waals surface area contributed by atoms with E-state index < -0.39 is 0 Å². The van der Waals surface area contributed by atoms with E-state index in [-0.39, 0.29) is 6.61 Å². The Labute approximate surface area is 126 Å². The molecule has 1 aromatic heterocycles. The summed E-state index contributed by atoms with van der Waals surface area (Å²) in [5, 5.41) is 14.4. The second kappa shape index (κ2) is 5.90. The summed E-state index contributed by atoms with van der Waals surface area (Å²) in [5.41, 5.74) is 2.91. The minimum absolute atomic E-state index is 0.0406. The van der Waals surface area contributed by atoms with E-state index in [9.17, 15) is 5.11 Å². The van der Waals surface area contributed by atoms with Gasteiger partial charge in [-0.25, -0.2) is 4.68 Å². The maximum absolute atomic E-state index is 9.78. The van der Waals surface area contributed by atoms with Crippen LogP contribution >= 0.6 is 0 Å². The van der Waals surface area contributed by atoms with Crippen LogP contribution in [-0.2, 0) is 6.61 Å². The fraction of sp³-hybridized carbons (Fsp3) is 0.471. The number of aliphatic hydroxyl groups excluding tert-OH is 1. The first kappa shape index (κ1) is 14.1. The first-order valence-electron chi connectivity index (χ1n) is 7.70. The van der Waals surface area contributed by atoms with Gasteiger partial charge in [0.1, 0.15) is 5.82 Å². The summed E-state index contributed by atoms with van der Waals surface area (Å²) in [5.74, 6) is 1.75. The van der Waals surface area contributed by atoms with Crippen molar-refractivity contribution in [1.29, 1.82) is 0 Å². The molecule has 1 fully saturated rings. The van der Waals surface area contributed by atoms with E-state index in [0.29, 0.717) is 5.92 Å². The van der Waals surface area contributed by atoms with Gasteiger partial charge in [0.05, 0.1) is 18.0 Å². The summed E-state index contributed by atoms with van der Waals surface area (Å²) in [6.07, 6.45) is 2.48. The van der Waals surface area contributed by atoms with Gasteiger partial charge in [0.15, 0.2) is 0 Å². The van der Waals surface area contributed by atoms with Crippen LogP contribution in [0.5, 0.6) is 0 Å². The van der Waals surface area contributed by atoms with Gasteiger partial charge in [-0.1, -0.05) is 25.1 Å². The van der Waals surface area contributed by atoms with Crippen molar-refractivity contribution in [3.05, 3.63) is 41.6 Å². The van der Waals surface area contributed by atoms with Crippen molar-refractivity contribution in [3.63, 3.8) is 0 Å². The number of aliphatic hydroxyl groups is 1. The molecule has 21 heavy (non-hydrogen) atoms. The molecule has 112 valence electrons. The highest BCUT2D eigenvalue weighted by molar-refractivity contribution is 5.55. The van der Waals surface area contributed by atoms with Crippen LogP contribution in [0.4, 0.5) is 5.82 Å². The number of benzene rings is 1. The minimum atomic E-state index is 0.0406. The Balaban J connectivity index is 2.08. The highest BCUT2D eigenvalue weighted by Crippen LogP contribution is 2.30. The van der Waals surface area contributed by atoms with Crippen LogP contribution in [0.3, 0.4) is 0 Å². The molecule has 2 aromatic rings. The molecule has 1 N–H and O–H groups in total. The zero-order valence-electron chi connectivity index (χ0n) is 12.8. The van der Waals surface area contributed by atoms with Crippen molar-refractivity contribution in [3.8, 4) is 5.69 Å². The van der Waals surface area contributed by atoms with Gasteiger partial charge in [0.25, 0.3) is 0 Å². The van der Waals surface area contributed by atoms with Crippen LogP contribution in [0.25, 0.3) is 5.69 Å². The smallest absolute Gasteiger partial charge is 0.138 e. The molecule has 0 aliphatic carbocycles. The van der Waals surface area contributed by atoms with Crippen molar-refractivity contribution < 1.29 is 5.11 Å². The molecule has 0 saturated carbocycles. The van der Waals surface area contributed by atoms with Crippen molar-refractivity contribution in [2.45, 2.75) is 33.3 Å². The van der Waals surface area contributed by atoms with Crippen LogP contribution < -0.4 is 4.90 Å². The van der Waals surface area contributed by atoms with E-state index in [2.05, 4.69) is 29.1 Å². The van der Waals surface area contributed by atoms with Gasteiger partial charge in [0, 0.05) is 18.7 Å². The van der Waals surface area contributed by atoms with Crippen LogP contribution in [0, 0.1) is 12.8 Å². The molecule has 1 aliphatic rings. The molecule has 4 nitrogen and oxygen atoms in total. The van der Waals surface area contributed by atoms with Crippen molar-refractivity contribution in [2.75, 3.05) is 18.0 Å². The van der Waals surface area contributed by atoms with Gasteiger partial charge in [-0.2, -0.15) is 5.10 Å². The number of rotatable bonds is 3. The third-order valence-electron chi connectivity index (χ3n) is 4.27. The van der Waals surface area contributed by atoms with E-state index in [1.54, 1.807) is 0 Å². The van der Waals surface area contributed by atoms with E-state index in [4.69, 9.17) is 0 Å². The third kappa shape index (κ3) is 2.68. The van der Waals surface area contributed by atoms with Crippen LogP contribution in [-0.4, -0.2) is 28.0 Å². The molecule has 0 bridgehead atoms. The van der Waals surface area contributed by atoms with Gasteiger partial charge in [-0.15, -0.1) is 0 Å². The molecule has 1 aliphatic heterocycles. The number of hydrogen-bond acceptors (Lipinski definition) is 3. The van der Waals surface area contributed by atoms with Crippen LogP contribution in [0.2, 0.25) is 0 Å². The highest BCUT2D eigenvalue weighted by atomic mass is 16.3. The average molecular weight is 285 g/mol. The number of aryl methyl sites for hydroxylation is 1. The summed E-state index contributed by atoms with van der Waals surface area (Å²) in [6.45, 7) is 6.38. The lowest BCUT2D eigenvalue weighted by atomic mass is 10.00. The van der Waals surface area contributed by atoms with E-state index in [0.717, 1.165) is 35.9 Å². The number of para-hydroxylation sites is 1. The summed E-state index contributed by atoms with van der Waals surface area (Å²) in [7, 11) is 0. The SMILES string of the molecule is Cc1nn(-c2ccccc2)c(N2CCCC(C)C2)c1CO. The maximum atomic E-state index is 9.78. The molecule has 0 radical (unpaired) electrons. The molecular formula is C17H23N3O. The van der Waals surface area contributed by atoms with Gasteiger partial charge < -0.3 is 10.0 Å². The molecule has 4 heteroatoms. The molecule has 1 atom stereocenters. The van der Waals surface area contributed by atoms with E-state index in [1.807, 2.05) is 29.8 Å². The van der Waals surface area contributed by atoms with Gasteiger partial charge in [-0.3, -0.25) is 0 Å². The van der Waals surface area contributed by atoms with Crippen LogP contribution in [0.15, 0.2) is 30.3 Å². The lowest BCUT2D eigenvalue weighted by Gasteiger charge is -2.33. The average Bonchev–Trinajstić information content (AvgIpc) is 2.85. The van der Waals surface area contributed by atoms with Gasteiger partial charge >= 0.3 is 0 Å². The zero-order chi connectivity index (χ0) is 14.8. The lowest BCUT2D eigenvalue weighted by Crippen LogP contribution is -2.36. The quantitative estimate of drug-likeness (QED) is 0.942. The first-order chi connectivity index (χ1) is 10.2. The molecule has 1 saturated heterocycles. The largest absolute Gasteiger partial charge is 0.391 e. The molecule has 3 rings (SSSR count). The topological polar surface area (TPSA) is 41.3 Å². The molecule has 2 heterocycles. The first-order valence-corrected chi connectivity index (χ1v) is 7.70. The molecule has 0 amide bonds. The Morgan fingerprint density at radius 2 is 2.05 bits per heavy atom. The van der Waals surface area contributed by atoms with Crippen molar-refractivity contribution in [2.24, 2.45) is 5.92 Å². The summed E-state index contributed by atoms with van der Waals surface area (Å²) >= 11 is 0. The normalized spacial score (nSPS) is 19.0. The van der Waals surface area contributed by atoms with Crippen molar-refractivity contribution >= 4 is 5.82 Å². The summed E-state index contributed by atoms with van der Waals surface area (Å²) in [6, 6.07) is 10.2. The highest BCUT2D eigenvalue weighted by Gasteiger charge is 2.25. The van der Waals surface area contributed by atoms with Gasteiger partial charge in [-0.05, 0) is 37.8 Å². The Kier molecular flexibility index (Phi) is 3.97. The number of anilines is 1. The second-order valence-corrected chi connectivity index (χ2v) is 5.99.